The van der Waals surface area contributed by atoms with Crippen LogP contribution in [0.5, 0.6) is 5.75 Å². The fraction of sp³-hybridized carbons (Fsp3) is 0.160. The van der Waals surface area contributed by atoms with Crippen LogP contribution >= 0.6 is 0 Å². The number of carbonyl (C=O) groups excluding carboxylic acids is 1. The van der Waals surface area contributed by atoms with Gasteiger partial charge in [0.2, 0.25) is 15.9 Å². The van der Waals surface area contributed by atoms with E-state index in [4.69, 9.17) is 10.00 Å². The monoisotopic (exact) mass is 493 g/mol. The van der Waals surface area contributed by atoms with E-state index < -0.39 is 34.5 Å². The van der Waals surface area contributed by atoms with Gasteiger partial charge in [0.15, 0.2) is 0 Å². The number of rotatable bonds is 10. The average molecular weight is 494 g/mol. The number of methoxy groups -OCH3 is 1. The lowest BCUT2D eigenvalue weighted by Crippen LogP contribution is -2.48. The summed E-state index contributed by atoms with van der Waals surface area (Å²) < 4.78 is 32.5. The van der Waals surface area contributed by atoms with Gasteiger partial charge in [-0.2, -0.15) is 9.98 Å². The molecule has 0 fully saturated rings. The number of carboxylic acid groups (broad SMARTS) is 1. The Morgan fingerprint density at radius 3 is 2.17 bits per heavy atom. The predicted molar refractivity (Wildman–Crippen MR) is 128 cm³/mol. The van der Waals surface area contributed by atoms with Gasteiger partial charge in [-0.15, -0.1) is 0 Å². The summed E-state index contributed by atoms with van der Waals surface area (Å²) >= 11 is 0. The second kappa shape index (κ2) is 11.3. The highest BCUT2D eigenvalue weighted by Crippen LogP contribution is 2.23. The SMILES string of the molecule is COc1ccccc1S(=O)(=O)NC(CNC(=O)Cc1ccc(-c2ccc(C#N)cc2)cc1)C(=O)O. The number of nitriles is 1. The number of aliphatic carboxylic acids is 1. The zero-order valence-electron chi connectivity index (χ0n) is 18.8. The molecule has 3 rings (SSSR count). The zero-order valence-corrected chi connectivity index (χ0v) is 19.6. The normalized spacial score (nSPS) is 11.8. The molecule has 0 aromatic heterocycles. The summed E-state index contributed by atoms with van der Waals surface area (Å²) in [5.41, 5.74) is 3.09. The summed E-state index contributed by atoms with van der Waals surface area (Å²) in [4.78, 5) is 23.8. The van der Waals surface area contributed by atoms with Gasteiger partial charge in [0, 0.05) is 6.54 Å². The first-order valence-electron chi connectivity index (χ1n) is 10.5. The Labute approximate surface area is 203 Å². The van der Waals surface area contributed by atoms with Gasteiger partial charge < -0.3 is 15.2 Å². The zero-order chi connectivity index (χ0) is 25.4. The van der Waals surface area contributed by atoms with Crippen LogP contribution < -0.4 is 14.8 Å². The first kappa shape index (κ1) is 25.4. The van der Waals surface area contributed by atoms with Crippen LogP contribution in [0.4, 0.5) is 0 Å². The molecule has 1 amide bonds. The first-order valence-corrected chi connectivity index (χ1v) is 12.0. The van der Waals surface area contributed by atoms with Gasteiger partial charge in [-0.1, -0.05) is 48.5 Å². The van der Waals surface area contributed by atoms with Crippen LogP contribution in [-0.2, 0) is 26.0 Å². The molecule has 0 radical (unpaired) electrons. The lowest BCUT2D eigenvalue weighted by molar-refractivity contribution is -0.138. The topological polar surface area (TPSA) is 146 Å². The number of hydrogen-bond acceptors (Lipinski definition) is 6. The van der Waals surface area contributed by atoms with E-state index in [9.17, 15) is 23.1 Å². The molecule has 0 aliphatic carbocycles. The summed E-state index contributed by atoms with van der Waals surface area (Å²) in [5, 5.41) is 20.8. The van der Waals surface area contributed by atoms with E-state index in [1.54, 1.807) is 30.3 Å². The molecule has 3 N–H and O–H groups in total. The molecule has 3 aromatic rings. The fourth-order valence-corrected chi connectivity index (χ4v) is 4.65. The molecule has 3 aromatic carbocycles. The Hall–Kier alpha value is -4.20. The summed E-state index contributed by atoms with van der Waals surface area (Å²) in [7, 11) is -2.91. The Morgan fingerprint density at radius 1 is 1.00 bits per heavy atom. The fourth-order valence-electron chi connectivity index (χ4n) is 3.29. The van der Waals surface area contributed by atoms with Crippen molar-refractivity contribution in [3.8, 4) is 22.9 Å². The lowest BCUT2D eigenvalue weighted by Gasteiger charge is -2.17. The molecule has 10 heteroatoms. The van der Waals surface area contributed by atoms with Crippen molar-refractivity contribution in [2.75, 3.05) is 13.7 Å². The van der Waals surface area contributed by atoms with Crippen molar-refractivity contribution in [2.45, 2.75) is 17.4 Å². The number of hydrogen-bond donors (Lipinski definition) is 3. The molecular formula is C25H23N3O6S. The van der Waals surface area contributed by atoms with Crippen molar-refractivity contribution < 1.29 is 27.9 Å². The molecule has 0 bridgehead atoms. The molecule has 180 valence electrons. The van der Waals surface area contributed by atoms with Crippen molar-refractivity contribution in [1.82, 2.24) is 10.0 Å². The third-order valence-corrected chi connectivity index (χ3v) is 6.63. The summed E-state index contributed by atoms with van der Waals surface area (Å²) in [6.45, 7) is -0.439. The predicted octanol–water partition coefficient (Wildman–Crippen LogP) is 2.32. The largest absolute Gasteiger partial charge is 0.495 e. The molecule has 0 saturated heterocycles. The van der Waals surface area contributed by atoms with E-state index in [0.29, 0.717) is 11.1 Å². The minimum absolute atomic E-state index is 0.0146. The number of nitrogens with one attached hydrogen (secondary N) is 2. The number of carbonyl (C=O) groups is 2. The molecule has 0 aliphatic rings. The van der Waals surface area contributed by atoms with Crippen LogP contribution in [0.25, 0.3) is 11.1 Å². The average Bonchev–Trinajstić information content (AvgIpc) is 2.87. The van der Waals surface area contributed by atoms with Crippen LogP contribution in [0.1, 0.15) is 11.1 Å². The summed E-state index contributed by atoms with van der Waals surface area (Å²) in [6.07, 6.45) is -0.0146. The van der Waals surface area contributed by atoms with Crippen LogP contribution in [-0.4, -0.2) is 45.1 Å². The van der Waals surface area contributed by atoms with Crippen molar-refractivity contribution in [1.29, 1.82) is 5.26 Å². The maximum absolute atomic E-state index is 12.7. The molecule has 9 nitrogen and oxygen atoms in total. The van der Waals surface area contributed by atoms with Gasteiger partial charge in [-0.3, -0.25) is 9.59 Å². The van der Waals surface area contributed by atoms with E-state index in [2.05, 4.69) is 16.1 Å². The van der Waals surface area contributed by atoms with Gasteiger partial charge in [0.25, 0.3) is 0 Å². The van der Waals surface area contributed by atoms with E-state index in [1.807, 2.05) is 24.3 Å². The molecule has 0 spiro atoms. The quantitative estimate of drug-likeness (QED) is 0.393. The van der Waals surface area contributed by atoms with Crippen LogP contribution in [0, 0.1) is 11.3 Å². The highest BCUT2D eigenvalue weighted by atomic mass is 32.2. The number of nitrogens with zero attached hydrogens (tertiary/aromatic N) is 1. The Bertz CT molecular complexity index is 1350. The number of carboxylic acids is 1. The van der Waals surface area contributed by atoms with Crippen LogP contribution in [0.2, 0.25) is 0 Å². The van der Waals surface area contributed by atoms with E-state index >= 15 is 0 Å². The van der Waals surface area contributed by atoms with E-state index in [-0.39, 0.29) is 17.1 Å². The first-order chi connectivity index (χ1) is 16.7. The van der Waals surface area contributed by atoms with Gasteiger partial charge in [-0.25, -0.2) is 8.42 Å². The highest BCUT2D eigenvalue weighted by molar-refractivity contribution is 7.89. The maximum atomic E-state index is 12.7. The van der Waals surface area contributed by atoms with E-state index in [0.717, 1.165) is 11.1 Å². The van der Waals surface area contributed by atoms with Crippen LogP contribution in [0.3, 0.4) is 0 Å². The molecular weight excluding hydrogens is 470 g/mol. The number of para-hydroxylation sites is 1. The smallest absolute Gasteiger partial charge is 0.323 e. The number of sulfonamides is 1. The third kappa shape index (κ3) is 6.66. The Kier molecular flexibility index (Phi) is 8.20. The number of benzene rings is 3. The maximum Gasteiger partial charge on any atom is 0.323 e. The van der Waals surface area contributed by atoms with Gasteiger partial charge >= 0.3 is 5.97 Å². The van der Waals surface area contributed by atoms with Gasteiger partial charge in [0.1, 0.15) is 16.7 Å². The van der Waals surface area contributed by atoms with Crippen LogP contribution in [0.15, 0.2) is 77.7 Å². The van der Waals surface area contributed by atoms with E-state index in [1.165, 1.54) is 25.3 Å². The Morgan fingerprint density at radius 2 is 1.60 bits per heavy atom. The lowest BCUT2D eigenvalue weighted by atomic mass is 10.0. The van der Waals surface area contributed by atoms with Gasteiger partial charge in [-0.05, 0) is 41.0 Å². The second-order valence-corrected chi connectivity index (χ2v) is 9.21. The number of amides is 1. The third-order valence-electron chi connectivity index (χ3n) is 5.12. The molecule has 1 atom stereocenters. The number of ether oxygens (including phenoxy) is 1. The Balaban J connectivity index is 1.60. The minimum atomic E-state index is -4.21. The van der Waals surface area contributed by atoms with Crippen molar-refractivity contribution in [3.63, 3.8) is 0 Å². The van der Waals surface area contributed by atoms with Crippen molar-refractivity contribution in [2.24, 2.45) is 0 Å². The highest BCUT2D eigenvalue weighted by Gasteiger charge is 2.28. The summed E-state index contributed by atoms with van der Waals surface area (Å²) in [6, 6.07) is 20.6. The molecule has 0 heterocycles. The van der Waals surface area contributed by atoms with Gasteiger partial charge in [0.05, 0.1) is 25.2 Å². The molecule has 0 saturated carbocycles. The van der Waals surface area contributed by atoms with Crippen molar-refractivity contribution in [3.05, 3.63) is 83.9 Å². The molecule has 1 unspecified atom stereocenters. The minimum Gasteiger partial charge on any atom is -0.495 e. The molecule has 0 aliphatic heterocycles. The summed E-state index contributed by atoms with van der Waals surface area (Å²) in [5.74, 6) is -1.83. The second-order valence-electron chi connectivity index (χ2n) is 7.53. The molecule has 35 heavy (non-hydrogen) atoms. The van der Waals surface area contributed by atoms with Crippen molar-refractivity contribution >= 4 is 21.9 Å². The standard InChI is InChI=1S/C25H23N3O6S/c1-34-22-4-2-3-5-23(22)35(32,33)28-21(25(30)31)16-27-24(29)14-17-6-10-19(11-7-17)20-12-8-18(15-26)9-13-20/h2-13,21,28H,14,16H2,1H3,(H,27,29)(H,30,31).